The van der Waals surface area contributed by atoms with Gasteiger partial charge < -0.3 is 9.88 Å². The first kappa shape index (κ1) is 19.1. The number of hydrogen-bond donors (Lipinski definition) is 2. The zero-order valence-electron chi connectivity index (χ0n) is 17.8. The van der Waals surface area contributed by atoms with Crippen molar-refractivity contribution < 1.29 is 4.79 Å². The molecule has 6 rings (SSSR count). The molecule has 0 bridgehead atoms. The molecule has 7 heteroatoms. The second-order valence-electron chi connectivity index (χ2n) is 9.02. The summed E-state index contributed by atoms with van der Waals surface area (Å²) >= 11 is 0. The molecule has 1 saturated carbocycles. The Bertz CT molecular complexity index is 1340. The van der Waals surface area contributed by atoms with E-state index in [1.807, 2.05) is 35.4 Å². The largest absolute Gasteiger partial charge is 0.361 e. The fourth-order valence-corrected chi connectivity index (χ4v) is 4.81. The molecule has 1 saturated heterocycles. The van der Waals surface area contributed by atoms with Crippen molar-refractivity contribution in [2.45, 2.75) is 25.7 Å². The first-order valence-electron chi connectivity index (χ1n) is 11.3. The van der Waals surface area contributed by atoms with Crippen LogP contribution in [-0.4, -0.2) is 43.6 Å². The van der Waals surface area contributed by atoms with E-state index in [-0.39, 0.29) is 11.6 Å². The number of carbonyl (C=O) groups excluding carboxylic acids is 1. The van der Waals surface area contributed by atoms with Crippen LogP contribution in [0.3, 0.4) is 0 Å². The molecule has 1 aliphatic heterocycles. The van der Waals surface area contributed by atoms with E-state index < -0.39 is 0 Å². The lowest BCUT2D eigenvalue weighted by Gasteiger charge is -2.16. The van der Waals surface area contributed by atoms with Crippen LogP contribution in [0, 0.1) is 11.8 Å². The minimum absolute atomic E-state index is 0.231. The molecule has 2 aromatic heterocycles. The summed E-state index contributed by atoms with van der Waals surface area (Å²) in [6, 6.07) is 16.4. The summed E-state index contributed by atoms with van der Waals surface area (Å²) < 4.78 is 1.66. The van der Waals surface area contributed by atoms with Gasteiger partial charge in [0.05, 0.1) is 5.69 Å². The molecule has 0 unspecified atom stereocenters. The molecule has 0 radical (unpaired) electrons. The zero-order chi connectivity index (χ0) is 21.7. The number of hydrogen-bond acceptors (Lipinski definition) is 3. The Morgan fingerprint density at radius 3 is 2.66 bits per heavy atom. The maximum Gasteiger partial charge on any atom is 0.347 e. The van der Waals surface area contributed by atoms with Gasteiger partial charge in [0.25, 0.3) is 0 Å². The standard InChI is InChI=1S/C25H25N5O2/c31-24(18-1-2-18)29-12-10-16(15-29)13-23-27-28-25(32)30(23)21-6-3-17(4-7-21)19-5-8-22-20(14-19)9-11-26-22/h3-9,11,14,16,18,26H,1-2,10,12-13,15H2,(H,28,32)/t16-/m0/s1. The Morgan fingerprint density at radius 2 is 1.84 bits per heavy atom. The van der Waals surface area contributed by atoms with Crippen molar-refractivity contribution in [2.75, 3.05) is 13.1 Å². The van der Waals surface area contributed by atoms with Crippen molar-refractivity contribution in [3.05, 3.63) is 71.0 Å². The molecule has 32 heavy (non-hydrogen) atoms. The molecular weight excluding hydrogens is 402 g/mol. The van der Waals surface area contributed by atoms with Gasteiger partial charge >= 0.3 is 5.69 Å². The average molecular weight is 428 g/mol. The van der Waals surface area contributed by atoms with Gasteiger partial charge in [-0.3, -0.25) is 4.79 Å². The Hall–Kier alpha value is -3.61. The maximum absolute atomic E-state index is 12.5. The van der Waals surface area contributed by atoms with E-state index >= 15 is 0 Å². The lowest BCUT2D eigenvalue weighted by atomic mass is 10.0. The molecule has 7 nitrogen and oxygen atoms in total. The highest BCUT2D eigenvalue weighted by Gasteiger charge is 2.36. The molecule has 4 aromatic rings. The third kappa shape index (κ3) is 3.43. The second-order valence-corrected chi connectivity index (χ2v) is 9.02. The number of amides is 1. The Kier molecular flexibility index (Phi) is 4.48. The Labute approximate surface area is 185 Å². The second kappa shape index (κ2) is 7.51. The number of aromatic nitrogens is 4. The number of nitrogens with one attached hydrogen (secondary N) is 2. The van der Waals surface area contributed by atoms with Crippen molar-refractivity contribution in [3.8, 4) is 16.8 Å². The fraction of sp³-hybridized carbons (Fsp3) is 0.320. The minimum atomic E-state index is -0.231. The summed E-state index contributed by atoms with van der Waals surface area (Å²) in [5.74, 6) is 1.62. The molecule has 2 N–H and O–H groups in total. The summed E-state index contributed by atoms with van der Waals surface area (Å²) in [7, 11) is 0. The topological polar surface area (TPSA) is 86.8 Å². The predicted molar refractivity (Wildman–Crippen MR) is 123 cm³/mol. The third-order valence-electron chi connectivity index (χ3n) is 6.75. The average Bonchev–Trinajstić information content (AvgIpc) is 3.20. The number of nitrogens with zero attached hydrogens (tertiary/aromatic N) is 3. The Morgan fingerprint density at radius 1 is 1.03 bits per heavy atom. The number of H-pyrrole nitrogens is 2. The van der Waals surface area contributed by atoms with Gasteiger partial charge in [0.1, 0.15) is 5.82 Å². The molecule has 1 atom stereocenters. The zero-order valence-corrected chi connectivity index (χ0v) is 17.8. The summed E-state index contributed by atoms with van der Waals surface area (Å²) in [6.45, 7) is 1.58. The van der Waals surface area contributed by atoms with E-state index in [1.54, 1.807) is 4.57 Å². The van der Waals surface area contributed by atoms with Crippen molar-refractivity contribution >= 4 is 16.8 Å². The number of aromatic amines is 2. The molecular formula is C25H25N5O2. The highest BCUT2D eigenvalue weighted by Crippen LogP contribution is 2.33. The van der Waals surface area contributed by atoms with Crippen LogP contribution in [0.5, 0.6) is 0 Å². The van der Waals surface area contributed by atoms with Crippen molar-refractivity contribution in [2.24, 2.45) is 11.8 Å². The Balaban J connectivity index is 1.22. The van der Waals surface area contributed by atoms with Crippen LogP contribution in [0.15, 0.2) is 59.5 Å². The molecule has 1 amide bonds. The van der Waals surface area contributed by atoms with Crippen molar-refractivity contribution in [1.29, 1.82) is 0 Å². The van der Waals surface area contributed by atoms with Gasteiger partial charge in [0.2, 0.25) is 5.91 Å². The number of likely N-dealkylation sites (tertiary alicyclic amines) is 1. The summed E-state index contributed by atoms with van der Waals surface area (Å²) in [5, 5.41) is 8.08. The van der Waals surface area contributed by atoms with Crippen LogP contribution < -0.4 is 5.69 Å². The van der Waals surface area contributed by atoms with Crippen LogP contribution in [0.2, 0.25) is 0 Å². The normalized spacial score (nSPS) is 18.5. The quantitative estimate of drug-likeness (QED) is 0.511. The van der Waals surface area contributed by atoms with Gasteiger partial charge in [0, 0.05) is 37.1 Å². The van der Waals surface area contributed by atoms with E-state index in [0.29, 0.717) is 18.2 Å². The van der Waals surface area contributed by atoms with E-state index in [4.69, 9.17) is 0 Å². The van der Waals surface area contributed by atoms with Gasteiger partial charge in [-0.25, -0.2) is 14.5 Å². The monoisotopic (exact) mass is 427 g/mol. The van der Waals surface area contributed by atoms with Gasteiger partial charge in [0.15, 0.2) is 0 Å². The predicted octanol–water partition coefficient (Wildman–Crippen LogP) is 3.51. The summed E-state index contributed by atoms with van der Waals surface area (Å²) in [5.41, 5.74) is 3.92. The van der Waals surface area contributed by atoms with Crippen LogP contribution in [0.1, 0.15) is 25.1 Å². The number of carbonyl (C=O) groups is 1. The van der Waals surface area contributed by atoms with Crippen LogP contribution in [0.4, 0.5) is 0 Å². The highest BCUT2D eigenvalue weighted by molar-refractivity contribution is 5.85. The molecule has 3 heterocycles. The van der Waals surface area contributed by atoms with E-state index in [9.17, 15) is 9.59 Å². The van der Waals surface area contributed by atoms with Crippen LogP contribution in [0.25, 0.3) is 27.7 Å². The maximum atomic E-state index is 12.5. The van der Waals surface area contributed by atoms with Crippen molar-refractivity contribution in [3.63, 3.8) is 0 Å². The summed E-state index contributed by atoms with van der Waals surface area (Å²) in [6.07, 6.45) is 5.65. The smallest absolute Gasteiger partial charge is 0.347 e. The highest BCUT2D eigenvalue weighted by atomic mass is 16.2. The van der Waals surface area contributed by atoms with E-state index in [2.05, 4.69) is 39.4 Å². The molecule has 1 aliphatic carbocycles. The van der Waals surface area contributed by atoms with Gasteiger partial charge in [-0.2, -0.15) is 5.10 Å². The first-order valence-corrected chi connectivity index (χ1v) is 11.3. The van der Waals surface area contributed by atoms with E-state index in [1.165, 1.54) is 5.39 Å². The first-order chi connectivity index (χ1) is 15.7. The van der Waals surface area contributed by atoms with Crippen molar-refractivity contribution in [1.82, 2.24) is 24.6 Å². The van der Waals surface area contributed by atoms with Gasteiger partial charge in [-0.15, -0.1) is 0 Å². The molecule has 162 valence electrons. The fourth-order valence-electron chi connectivity index (χ4n) is 4.81. The lowest BCUT2D eigenvalue weighted by Crippen LogP contribution is -2.30. The third-order valence-corrected chi connectivity index (χ3v) is 6.75. The SMILES string of the molecule is O=C(C1CC1)N1CC[C@@H](Cc2n[nH]c(=O)n2-c2ccc(-c3ccc4[nH]ccc4c3)cc2)C1. The van der Waals surface area contributed by atoms with E-state index in [0.717, 1.165) is 60.5 Å². The van der Waals surface area contributed by atoms with Gasteiger partial charge in [-0.1, -0.05) is 18.2 Å². The van der Waals surface area contributed by atoms with Crippen LogP contribution >= 0.6 is 0 Å². The molecule has 2 fully saturated rings. The number of fused-ring (bicyclic) bond motifs is 1. The lowest BCUT2D eigenvalue weighted by molar-refractivity contribution is -0.131. The molecule has 2 aliphatic rings. The summed E-state index contributed by atoms with van der Waals surface area (Å²) in [4.78, 5) is 30.1. The molecule has 2 aromatic carbocycles. The number of rotatable bonds is 5. The van der Waals surface area contributed by atoms with Gasteiger partial charge in [-0.05, 0) is 72.0 Å². The van der Waals surface area contributed by atoms with Crippen LogP contribution in [-0.2, 0) is 11.2 Å². The molecule has 0 spiro atoms. The number of benzene rings is 2. The minimum Gasteiger partial charge on any atom is -0.361 e.